The highest BCUT2D eigenvalue weighted by atomic mass is 16.6. The summed E-state index contributed by atoms with van der Waals surface area (Å²) in [4.78, 5) is 22.4. The van der Waals surface area contributed by atoms with Gasteiger partial charge in [0.1, 0.15) is 6.10 Å². The molecule has 0 radical (unpaired) electrons. The van der Waals surface area contributed by atoms with Crippen molar-refractivity contribution in [3.05, 3.63) is 0 Å². The van der Waals surface area contributed by atoms with Crippen molar-refractivity contribution in [2.24, 2.45) is 5.41 Å². The van der Waals surface area contributed by atoms with E-state index in [2.05, 4.69) is 0 Å². The summed E-state index contributed by atoms with van der Waals surface area (Å²) in [6.07, 6.45) is 1.01. The zero-order valence-corrected chi connectivity index (χ0v) is 6.83. The van der Waals surface area contributed by atoms with Gasteiger partial charge in [-0.25, -0.2) is 0 Å². The first-order valence-electron chi connectivity index (χ1n) is 4.07. The van der Waals surface area contributed by atoms with Crippen LogP contribution in [-0.2, 0) is 19.1 Å². The van der Waals surface area contributed by atoms with E-state index < -0.39 is 17.4 Å². The average Bonchev–Trinajstić information content (AvgIpc) is 2.40. The molecule has 66 valence electrons. The number of carbonyl (C=O) groups is 2. The Bertz CT molecular complexity index is 239. The van der Waals surface area contributed by atoms with Gasteiger partial charge in [-0.05, 0) is 6.92 Å². The third-order valence-electron chi connectivity index (χ3n) is 2.48. The largest absolute Gasteiger partial charge is 0.465 e. The molecule has 3 aliphatic rings. The van der Waals surface area contributed by atoms with Crippen molar-refractivity contribution in [2.45, 2.75) is 25.9 Å². The van der Waals surface area contributed by atoms with Crippen molar-refractivity contribution in [1.82, 2.24) is 0 Å². The maximum absolute atomic E-state index is 11.3. The molecule has 0 aromatic heterocycles. The molecule has 1 saturated carbocycles. The van der Waals surface area contributed by atoms with Gasteiger partial charge in [0.15, 0.2) is 5.41 Å². The summed E-state index contributed by atoms with van der Waals surface area (Å²) in [5.41, 5.74) is -0.916. The Morgan fingerprint density at radius 3 is 2.83 bits per heavy atom. The van der Waals surface area contributed by atoms with E-state index >= 15 is 0 Å². The van der Waals surface area contributed by atoms with Gasteiger partial charge in [-0.15, -0.1) is 0 Å². The predicted octanol–water partition coefficient (Wildman–Crippen LogP) is 0.255. The standard InChI is InChI=1S/C8H10O4/c1-2-11-6(9)8-3-5(4-8)12-7(8)10/h5H,2-4H2,1H3. The van der Waals surface area contributed by atoms with E-state index in [9.17, 15) is 9.59 Å². The van der Waals surface area contributed by atoms with Crippen LogP contribution >= 0.6 is 0 Å². The number of esters is 2. The second kappa shape index (κ2) is 2.21. The summed E-state index contributed by atoms with van der Waals surface area (Å²) in [7, 11) is 0. The van der Waals surface area contributed by atoms with Gasteiger partial charge >= 0.3 is 11.9 Å². The molecule has 0 atom stereocenters. The van der Waals surface area contributed by atoms with E-state index in [0.29, 0.717) is 19.4 Å². The van der Waals surface area contributed by atoms with E-state index in [1.54, 1.807) is 6.92 Å². The minimum absolute atomic E-state index is 0.0260. The van der Waals surface area contributed by atoms with Crippen molar-refractivity contribution < 1.29 is 19.1 Å². The fourth-order valence-electron chi connectivity index (χ4n) is 1.75. The van der Waals surface area contributed by atoms with Crippen LogP contribution in [0.5, 0.6) is 0 Å². The molecule has 1 aliphatic carbocycles. The van der Waals surface area contributed by atoms with Crippen molar-refractivity contribution in [1.29, 1.82) is 0 Å². The Labute approximate surface area is 69.8 Å². The second-order valence-corrected chi connectivity index (χ2v) is 3.24. The number of ether oxygens (including phenoxy) is 2. The Kier molecular flexibility index (Phi) is 1.40. The fourth-order valence-corrected chi connectivity index (χ4v) is 1.75. The van der Waals surface area contributed by atoms with Crippen molar-refractivity contribution >= 4 is 11.9 Å². The normalized spacial score (nSPS) is 37.1. The van der Waals surface area contributed by atoms with Crippen LogP contribution < -0.4 is 0 Å². The molecule has 3 fully saturated rings. The molecule has 0 aromatic rings. The van der Waals surface area contributed by atoms with Gasteiger partial charge < -0.3 is 9.47 Å². The number of carbonyl (C=O) groups excluding carboxylic acids is 2. The van der Waals surface area contributed by atoms with Crippen LogP contribution in [0.4, 0.5) is 0 Å². The van der Waals surface area contributed by atoms with Crippen molar-refractivity contribution in [3.8, 4) is 0 Å². The van der Waals surface area contributed by atoms with Crippen LogP contribution in [0.2, 0.25) is 0 Å². The second-order valence-electron chi connectivity index (χ2n) is 3.24. The quantitative estimate of drug-likeness (QED) is 0.440. The minimum atomic E-state index is -0.916. The van der Waals surface area contributed by atoms with E-state index in [0.717, 1.165) is 0 Å². The first-order chi connectivity index (χ1) is 5.69. The van der Waals surface area contributed by atoms with Gasteiger partial charge in [-0.3, -0.25) is 9.59 Å². The Morgan fingerprint density at radius 2 is 2.42 bits per heavy atom. The summed E-state index contributed by atoms with van der Waals surface area (Å²) >= 11 is 0. The summed E-state index contributed by atoms with van der Waals surface area (Å²) < 4.78 is 9.66. The SMILES string of the molecule is CCOC(=O)C12CC(C1)OC2=O. The lowest BCUT2D eigenvalue weighted by Gasteiger charge is -2.28. The molecule has 0 N–H and O–H groups in total. The summed E-state index contributed by atoms with van der Waals surface area (Å²) in [5.74, 6) is -0.810. The highest BCUT2D eigenvalue weighted by molar-refractivity contribution is 6.03. The van der Waals surface area contributed by atoms with Crippen LogP contribution in [0.3, 0.4) is 0 Å². The van der Waals surface area contributed by atoms with Crippen LogP contribution in [0.25, 0.3) is 0 Å². The number of rotatable bonds is 2. The predicted molar refractivity (Wildman–Crippen MR) is 38.2 cm³/mol. The van der Waals surface area contributed by atoms with Crippen molar-refractivity contribution in [2.75, 3.05) is 6.61 Å². The maximum atomic E-state index is 11.3. The molecule has 0 unspecified atom stereocenters. The average molecular weight is 170 g/mol. The topological polar surface area (TPSA) is 52.6 Å². The van der Waals surface area contributed by atoms with Crippen LogP contribution in [-0.4, -0.2) is 24.6 Å². The van der Waals surface area contributed by atoms with Gasteiger partial charge in [0.25, 0.3) is 0 Å². The smallest absolute Gasteiger partial charge is 0.324 e. The molecule has 2 heterocycles. The van der Waals surface area contributed by atoms with Gasteiger partial charge in [0, 0.05) is 12.8 Å². The highest BCUT2D eigenvalue weighted by Gasteiger charge is 2.66. The first-order valence-corrected chi connectivity index (χ1v) is 4.07. The zero-order valence-electron chi connectivity index (χ0n) is 6.83. The Balaban J connectivity index is 2.12. The van der Waals surface area contributed by atoms with Crippen LogP contribution in [0.15, 0.2) is 0 Å². The maximum Gasteiger partial charge on any atom is 0.324 e. The molecule has 2 bridgehead atoms. The van der Waals surface area contributed by atoms with E-state index in [-0.39, 0.29) is 6.10 Å². The van der Waals surface area contributed by atoms with Crippen LogP contribution in [0, 0.1) is 5.41 Å². The zero-order chi connectivity index (χ0) is 8.77. The number of hydrogen-bond donors (Lipinski definition) is 0. The van der Waals surface area contributed by atoms with E-state index in [1.165, 1.54) is 0 Å². The minimum Gasteiger partial charge on any atom is -0.465 e. The number of hydrogen-bond acceptors (Lipinski definition) is 4. The monoisotopic (exact) mass is 170 g/mol. The molecule has 0 spiro atoms. The number of fused-ring (bicyclic) bond motifs is 1. The molecule has 0 amide bonds. The lowest BCUT2D eigenvalue weighted by Crippen LogP contribution is -2.43. The molecule has 12 heavy (non-hydrogen) atoms. The van der Waals surface area contributed by atoms with Crippen molar-refractivity contribution in [3.63, 3.8) is 0 Å². The third-order valence-corrected chi connectivity index (χ3v) is 2.48. The molecule has 4 nitrogen and oxygen atoms in total. The fraction of sp³-hybridized carbons (Fsp3) is 0.750. The molecule has 4 heteroatoms. The van der Waals surface area contributed by atoms with Crippen LogP contribution in [0.1, 0.15) is 19.8 Å². The highest BCUT2D eigenvalue weighted by Crippen LogP contribution is 2.51. The van der Waals surface area contributed by atoms with Gasteiger partial charge in [-0.1, -0.05) is 0 Å². The summed E-state index contributed by atoms with van der Waals surface area (Å²) in [5, 5.41) is 0. The first kappa shape index (κ1) is 7.58. The van der Waals surface area contributed by atoms with E-state index in [1.807, 2.05) is 0 Å². The molecular formula is C8H10O4. The lowest BCUT2D eigenvalue weighted by molar-refractivity contribution is -0.162. The van der Waals surface area contributed by atoms with Gasteiger partial charge in [-0.2, -0.15) is 0 Å². The molecule has 2 aliphatic heterocycles. The molecular weight excluding hydrogens is 160 g/mol. The van der Waals surface area contributed by atoms with Gasteiger partial charge in [0.2, 0.25) is 0 Å². The Hall–Kier alpha value is -1.06. The summed E-state index contributed by atoms with van der Waals surface area (Å²) in [6.45, 7) is 2.05. The Morgan fingerprint density at radius 1 is 1.75 bits per heavy atom. The van der Waals surface area contributed by atoms with Gasteiger partial charge in [0.05, 0.1) is 6.61 Å². The molecule has 0 aromatic carbocycles. The third kappa shape index (κ3) is 0.722. The molecule has 3 rings (SSSR count). The van der Waals surface area contributed by atoms with E-state index in [4.69, 9.17) is 9.47 Å². The summed E-state index contributed by atoms with van der Waals surface area (Å²) in [6, 6.07) is 0. The molecule has 2 saturated heterocycles. The lowest BCUT2D eigenvalue weighted by atomic mass is 9.70.